The van der Waals surface area contributed by atoms with Gasteiger partial charge in [-0.05, 0) is 33.3 Å². The van der Waals surface area contributed by atoms with Crippen LogP contribution < -0.4 is 11.1 Å². The first-order valence-corrected chi connectivity index (χ1v) is 6.60. The van der Waals surface area contributed by atoms with Crippen LogP contribution in [0.25, 0.3) is 0 Å². The molecular formula is C14H23N3O3. The molecule has 6 heteroatoms. The molecule has 0 aliphatic heterocycles. The highest BCUT2D eigenvalue weighted by atomic mass is 16.6. The van der Waals surface area contributed by atoms with Crippen LogP contribution in [0, 0.1) is 0 Å². The molecule has 4 N–H and O–H groups in total. The number of carbonyl (C=O) groups is 1. The molecule has 0 bridgehead atoms. The maximum Gasteiger partial charge on any atom is 0.407 e. The van der Waals surface area contributed by atoms with Gasteiger partial charge in [0.1, 0.15) is 5.60 Å². The molecule has 0 spiro atoms. The number of aliphatic hydroxyl groups is 1. The summed E-state index contributed by atoms with van der Waals surface area (Å²) in [7, 11) is 0. The van der Waals surface area contributed by atoms with Crippen molar-refractivity contribution in [3.05, 3.63) is 30.1 Å². The monoisotopic (exact) mass is 281 g/mol. The van der Waals surface area contributed by atoms with Crippen molar-refractivity contribution in [2.75, 3.05) is 6.54 Å². The van der Waals surface area contributed by atoms with Crippen molar-refractivity contribution >= 4 is 6.09 Å². The van der Waals surface area contributed by atoms with E-state index >= 15 is 0 Å². The summed E-state index contributed by atoms with van der Waals surface area (Å²) in [5.74, 6) is 0. The molecule has 0 aliphatic rings. The van der Waals surface area contributed by atoms with Gasteiger partial charge >= 0.3 is 6.09 Å². The molecule has 20 heavy (non-hydrogen) atoms. The van der Waals surface area contributed by atoms with E-state index in [1.165, 1.54) is 0 Å². The molecule has 6 nitrogen and oxygen atoms in total. The molecule has 2 atom stereocenters. The predicted molar refractivity (Wildman–Crippen MR) is 76.0 cm³/mol. The Bertz CT molecular complexity index is 417. The third-order valence-corrected chi connectivity index (χ3v) is 2.58. The van der Waals surface area contributed by atoms with Gasteiger partial charge < -0.3 is 20.9 Å². The van der Waals surface area contributed by atoms with Gasteiger partial charge in [-0.2, -0.15) is 0 Å². The van der Waals surface area contributed by atoms with Gasteiger partial charge in [0, 0.05) is 30.5 Å². The molecule has 1 rings (SSSR count). The fourth-order valence-electron chi connectivity index (χ4n) is 1.61. The Morgan fingerprint density at radius 2 is 2.25 bits per heavy atom. The summed E-state index contributed by atoms with van der Waals surface area (Å²) in [5, 5.41) is 12.6. The number of aliphatic hydroxyl groups excluding tert-OH is 1. The number of carbonyl (C=O) groups excluding carboxylic acids is 1. The second kappa shape index (κ2) is 7.21. The van der Waals surface area contributed by atoms with Crippen molar-refractivity contribution in [3.8, 4) is 0 Å². The number of hydrogen-bond donors (Lipinski definition) is 3. The number of alkyl carbamates (subject to hydrolysis) is 1. The van der Waals surface area contributed by atoms with Crippen molar-refractivity contribution in [2.24, 2.45) is 5.73 Å². The number of nitrogens with two attached hydrogens (primary N) is 1. The molecule has 1 amide bonds. The minimum absolute atomic E-state index is 0.341. The molecule has 0 fully saturated rings. The van der Waals surface area contributed by atoms with Gasteiger partial charge in [0.25, 0.3) is 0 Å². The summed E-state index contributed by atoms with van der Waals surface area (Å²) < 4.78 is 5.10. The minimum atomic E-state index is -0.802. The largest absolute Gasteiger partial charge is 0.444 e. The highest BCUT2D eigenvalue weighted by Gasteiger charge is 2.19. The zero-order valence-electron chi connectivity index (χ0n) is 12.2. The van der Waals surface area contributed by atoms with Crippen LogP contribution in [0.3, 0.4) is 0 Å². The minimum Gasteiger partial charge on any atom is -0.444 e. The molecule has 2 unspecified atom stereocenters. The lowest BCUT2D eigenvalue weighted by atomic mass is 10.0. The topological polar surface area (TPSA) is 97.5 Å². The second-order valence-corrected chi connectivity index (χ2v) is 5.61. The average Bonchev–Trinajstić information content (AvgIpc) is 2.36. The van der Waals surface area contributed by atoms with Crippen LogP contribution in [0.1, 0.15) is 38.9 Å². The zero-order chi connectivity index (χ0) is 15.2. The normalized spacial score (nSPS) is 14.4. The van der Waals surface area contributed by atoms with Crippen LogP contribution in [0.4, 0.5) is 4.79 Å². The molecule has 0 saturated heterocycles. The molecule has 0 radical (unpaired) electrons. The number of ether oxygens (including phenoxy) is 1. The summed E-state index contributed by atoms with van der Waals surface area (Å²) in [5.41, 5.74) is 6.03. The lowest BCUT2D eigenvalue weighted by molar-refractivity contribution is 0.0521. The van der Waals surface area contributed by atoms with E-state index in [0.717, 1.165) is 0 Å². The SMILES string of the molecule is CC(C)(C)OC(=O)NCCC(N)C(O)c1cccnc1. The van der Waals surface area contributed by atoms with Gasteiger partial charge in [0.15, 0.2) is 0 Å². The predicted octanol–water partition coefficient (Wildman–Crippen LogP) is 1.36. The van der Waals surface area contributed by atoms with Crippen molar-refractivity contribution in [3.63, 3.8) is 0 Å². The van der Waals surface area contributed by atoms with Gasteiger partial charge in [-0.3, -0.25) is 4.98 Å². The van der Waals surface area contributed by atoms with Gasteiger partial charge in [-0.25, -0.2) is 4.79 Å². The molecular weight excluding hydrogens is 258 g/mol. The molecule has 0 saturated carbocycles. The fourth-order valence-corrected chi connectivity index (χ4v) is 1.61. The maximum absolute atomic E-state index is 11.4. The van der Waals surface area contributed by atoms with Crippen molar-refractivity contribution in [1.29, 1.82) is 0 Å². The molecule has 112 valence electrons. The number of aromatic nitrogens is 1. The first kappa shape index (κ1) is 16.4. The smallest absolute Gasteiger partial charge is 0.407 e. The Hall–Kier alpha value is -1.66. The Morgan fingerprint density at radius 3 is 2.80 bits per heavy atom. The summed E-state index contributed by atoms with van der Waals surface area (Å²) in [6, 6.07) is 3.03. The quantitative estimate of drug-likeness (QED) is 0.757. The maximum atomic E-state index is 11.4. The zero-order valence-corrected chi connectivity index (χ0v) is 12.2. The van der Waals surface area contributed by atoms with Crippen LogP contribution in [0.2, 0.25) is 0 Å². The van der Waals surface area contributed by atoms with Crippen molar-refractivity contribution < 1.29 is 14.6 Å². The van der Waals surface area contributed by atoms with Gasteiger partial charge in [-0.1, -0.05) is 6.07 Å². The number of pyridine rings is 1. The van der Waals surface area contributed by atoms with E-state index in [2.05, 4.69) is 10.3 Å². The van der Waals surface area contributed by atoms with E-state index in [0.29, 0.717) is 18.5 Å². The second-order valence-electron chi connectivity index (χ2n) is 5.61. The number of rotatable bonds is 5. The van der Waals surface area contributed by atoms with E-state index in [-0.39, 0.29) is 0 Å². The number of hydrogen-bond acceptors (Lipinski definition) is 5. The van der Waals surface area contributed by atoms with Crippen LogP contribution in [0.15, 0.2) is 24.5 Å². The molecule has 1 heterocycles. The number of amides is 1. The Labute approximate surface area is 119 Å². The third kappa shape index (κ3) is 5.99. The molecule has 0 aromatic carbocycles. The standard InChI is InChI=1S/C14H23N3O3/c1-14(2,3)20-13(19)17-8-6-11(15)12(18)10-5-4-7-16-9-10/h4-5,7,9,11-12,18H,6,8,15H2,1-3H3,(H,17,19). The first-order valence-electron chi connectivity index (χ1n) is 6.60. The van der Waals surface area contributed by atoms with Crippen molar-refractivity contribution in [2.45, 2.75) is 44.9 Å². The average molecular weight is 281 g/mol. The third-order valence-electron chi connectivity index (χ3n) is 2.58. The fraction of sp³-hybridized carbons (Fsp3) is 0.571. The van der Waals surface area contributed by atoms with E-state index in [4.69, 9.17) is 10.5 Å². The van der Waals surface area contributed by atoms with Crippen LogP contribution in [-0.2, 0) is 4.74 Å². The van der Waals surface area contributed by atoms with Crippen molar-refractivity contribution in [1.82, 2.24) is 10.3 Å². The Morgan fingerprint density at radius 1 is 1.55 bits per heavy atom. The first-order chi connectivity index (χ1) is 9.29. The van der Waals surface area contributed by atoms with E-state index in [9.17, 15) is 9.90 Å². The highest BCUT2D eigenvalue weighted by Crippen LogP contribution is 2.15. The van der Waals surface area contributed by atoms with Crippen LogP contribution in [-0.4, -0.2) is 34.4 Å². The summed E-state index contributed by atoms with van der Waals surface area (Å²) >= 11 is 0. The lowest BCUT2D eigenvalue weighted by Gasteiger charge is -2.21. The van der Waals surface area contributed by atoms with Crippen LogP contribution >= 0.6 is 0 Å². The van der Waals surface area contributed by atoms with Crippen LogP contribution in [0.5, 0.6) is 0 Å². The lowest BCUT2D eigenvalue weighted by Crippen LogP contribution is -2.37. The molecule has 1 aromatic rings. The number of nitrogens with one attached hydrogen (secondary N) is 1. The molecule has 1 aromatic heterocycles. The van der Waals surface area contributed by atoms with Gasteiger partial charge in [-0.15, -0.1) is 0 Å². The van der Waals surface area contributed by atoms with E-state index < -0.39 is 23.8 Å². The summed E-state index contributed by atoms with van der Waals surface area (Å²) in [4.78, 5) is 15.4. The van der Waals surface area contributed by atoms with Gasteiger partial charge in [0.2, 0.25) is 0 Å². The summed E-state index contributed by atoms with van der Waals surface area (Å²) in [6.07, 6.45) is 2.36. The molecule has 0 aliphatic carbocycles. The van der Waals surface area contributed by atoms with Gasteiger partial charge in [0.05, 0.1) is 6.10 Å². The Kier molecular flexibility index (Phi) is 5.91. The van der Waals surface area contributed by atoms with E-state index in [1.807, 2.05) is 0 Å². The van der Waals surface area contributed by atoms with E-state index in [1.54, 1.807) is 45.3 Å². The summed E-state index contributed by atoms with van der Waals surface area (Å²) in [6.45, 7) is 5.73. The highest BCUT2D eigenvalue weighted by molar-refractivity contribution is 5.67. The Balaban J connectivity index is 2.33. The number of nitrogens with zero attached hydrogens (tertiary/aromatic N) is 1.